The number of hydrogen-bond acceptors (Lipinski definition) is 2. The van der Waals surface area contributed by atoms with E-state index in [1.54, 1.807) is 0 Å². The van der Waals surface area contributed by atoms with Crippen LogP contribution in [0.1, 0.15) is 24.1 Å². The summed E-state index contributed by atoms with van der Waals surface area (Å²) in [5.41, 5.74) is 4.98. The number of benzene rings is 2. The van der Waals surface area contributed by atoms with Crippen LogP contribution in [0.5, 0.6) is 0 Å². The highest BCUT2D eigenvalue weighted by atomic mass is 15.1. The second-order valence-corrected chi connectivity index (χ2v) is 5.19. The minimum Gasteiger partial charge on any atom is -0.377 e. The molecule has 19 heavy (non-hydrogen) atoms. The van der Waals surface area contributed by atoms with Crippen molar-refractivity contribution in [2.75, 3.05) is 24.3 Å². The van der Waals surface area contributed by atoms with Crippen LogP contribution in [0.2, 0.25) is 0 Å². The van der Waals surface area contributed by atoms with Crippen molar-refractivity contribution in [1.82, 2.24) is 0 Å². The van der Waals surface area contributed by atoms with E-state index >= 15 is 0 Å². The van der Waals surface area contributed by atoms with E-state index in [1.807, 2.05) is 0 Å². The standard InChI is InChI=1S/C17H22N2/c1-13-9-11-15(12-10-13)14(2)18-16-7-5-6-8-17(16)19(3)4/h5-12,14,18H,1-4H3. The largest absolute Gasteiger partial charge is 0.377 e. The van der Waals surface area contributed by atoms with Gasteiger partial charge in [0.15, 0.2) is 0 Å². The van der Waals surface area contributed by atoms with E-state index in [0.29, 0.717) is 6.04 Å². The molecule has 0 bridgehead atoms. The van der Waals surface area contributed by atoms with Crippen molar-refractivity contribution in [1.29, 1.82) is 0 Å². The van der Waals surface area contributed by atoms with Gasteiger partial charge in [0.1, 0.15) is 0 Å². The molecule has 0 aliphatic rings. The van der Waals surface area contributed by atoms with Crippen molar-refractivity contribution in [3.63, 3.8) is 0 Å². The maximum atomic E-state index is 3.59. The molecule has 2 heteroatoms. The molecular formula is C17H22N2. The van der Waals surface area contributed by atoms with E-state index in [0.717, 1.165) is 0 Å². The van der Waals surface area contributed by atoms with Crippen LogP contribution in [0.15, 0.2) is 48.5 Å². The minimum atomic E-state index is 0.293. The first-order valence-corrected chi connectivity index (χ1v) is 6.67. The van der Waals surface area contributed by atoms with Gasteiger partial charge in [0.25, 0.3) is 0 Å². The predicted molar refractivity (Wildman–Crippen MR) is 84.0 cm³/mol. The van der Waals surface area contributed by atoms with Crippen molar-refractivity contribution >= 4 is 11.4 Å². The summed E-state index contributed by atoms with van der Waals surface area (Å²) in [6.45, 7) is 4.31. The summed E-state index contributed by atoms with van der Waals surface area (Å²) < 4.78 is 0. The molecule has 2 nitrogen and oxygen atoms in total. The fraction of sp³-hybridized carbons (Fsp3) is 0.294. The molecule has 0 saturated heterocycles. The summed E-state index contributed by atoms with van der Waals surface area (Å²) in [5, 5.41) is 3.59. The molecule has 1 unspecified atom stereocenters. The van der Waals surface area contributed by atoms with Gasteiger partial charge in [0, 0.05) is 20.1 Å². The van der Waals surface area contributed by atoms with E-state index in [2.05, 4.69) is 86.7 Å². The molecule has 1 N–H and O–H groups in total. The first-order valence-electron chi connectivity index (χ1n) is 6.67. The third-order valence-electron chi connectivity index (χ3n) is 3.34. The average Bonchev–Trinajstić information content (AvgIpc) is 2.39. The zero-order valence-corrected chi connectivity index (χ0v) is 12.1. The van der Waals surface area contributed by atoms with Gasteiger partial charge < -0.3 is 10.2 Å². The molecule has 0 saturated carbocycles. The maximum Gasteiger partial charge on any atom is 0.0596 e. The SMILES string of the molecule is Cc1ccc(C(C)Nc2ccccc2N(C)C)cc1. The van der Waals surface area contributed by atoms with Gasteiger partial charge in [-0.05, 0) is 31.5 Å². The predicted octanol–water partition coefficient (Wildman–Crippen LogP) is 4.23. The third-order valence-corrected chi connectivity index (χ3v) is 3.34. The van der Waals surface area contributed by atoms with Gasteiger partial charge in [-0.15, -0.1) is 0 Å². The van der Waals surface area contributed by atoms with Gasteiger partial charge in [-0.3, -0.25) is 0 Å². The smallest absolute Gasteiger partial charge is 0.0596 e. The Morgan fingerprint density at radius 1 is 0.947 bits per heavy atom. The first kappa shape index (κ1) is 13.5. The molecule has 0 aliphatic carbocycles. The van der Waals surface area contributed by atoms with Crippen molar-refractivity contribution in [3.05, 3.63) is 59.7 Å². The van der Waals surface area contributed by atoms with Crippen LogP contribution in [0.3, 0.4) is 0 Å². The number of anilines is 2. The number of nitrogens with one attached hydrogen (secondary N) is 1. The number of para-hydroxylation sites is 2. The lowest BCUT2D eigenvalue weighted by molar-refractivity contribution is 0.882. The minimum absolute atomic E-state index is 0.293. The zero-order valence-electron chi connectivity index (χ0n) is 12.1. The number of rotatable bonds is 4. The van der Waals surface area contributed by atoms with E-state index in [-0.39, 0.29) is 0 Å². The number of nitrogens with zero attached hydrogens (tertiary/aromatic N) is 1. The van der Waals surface area contributed by atoms with Crippen molar-refractivity contribution in [3.8, 4) is 0 Å². The summed E-state index contributed by atoms with van der Waals surface area (Å²) in [4.78, 5) is 2.13. The highest BCUT2D eigenvalue weighted by Gasteiger charge is 2.08. The Hall–Kier alpha value is -1.96. The molecule has 0 aromatic heterocycles. The summed E-state index contributed by atoms with van der Waals surface area (Å²) >= 11 is 0. The molecule has 0 radical (unpaired) electrons. The van der Waals surface area contributed by atoms with Crippen molar-refractivity contribution < 1.29 is 0 Å². The average molecular weight is 254 g/mol. The van der Waals surface area contributed by atoms with Crippen LogP contribution in [0.25, 0.3) is 0 Å². The van der Waals surface area contributed by atoms with E-state index in [4.69, 9.17) is 0 Å². The lowest BCUT2D eigenvalue weighted by Gasteiger charge is -2.22. The lowest BCUT2D eigenvalue weighted by Crippen LogP contribution is -2.14. The third kappa shape index (κ3) is 3.28. The molecule has 0 aliphatic heterocycles. The number of aryl methyl sites for hydroxylation is 1. The molecular weight excluding hydrogens is 232 g/mol. The molecule has 2 aromatic carbocycles. The van der Waals surface area contributed by atoms with Crippen molar-refractivity contribution in [2.45, 2.75) is 19.9 Å². The van der Waals surface area contributed by atoms with Gasteiger partial charge in [0.05, 0.1) is 11.4 Å². The molecule has 100 valence electrons. The quantitative estimate of drug-likeness (QED) is 0.878. The summed E-state index contributed by atoms with van der Waals surface area (Å²) in [5.74, 6) is 0. The normalized spacial score (nSPS) is 12.0. The number of hydrogen-bond donors (Lipinski definition) is 1. The second-order valence-electron chi connectivity index (χ2n) is 5.19. The molecule has 0 amide bonds. The molecule has 2 rings (SSSR count). The van der Waals surface area contributed by atoms with E-state index < -0.39 is 0 Å². The van der Waals surface area contributed by atoms with Crippen LogP contribution < -0.4 is 10.2 Å². The van der Waals surface area contributed by atoms with Gasteiger partial charge in [-0.25, -0.2) is 0 Å². The highest BCUT2D eigenvalue weighted by Crippen LogP contribution is 2.27. The van der Waals surface area contributed by atoms with E-state index in [1.165, 1.54) is 22.5 Å². The lowest BCUT2D eigenvalue weighted by atomic mass is 10.1. The summed E-state index contributed by atoms with van der Waals surface area (Å²) in [7, 11) is 4.13. The summed E-state index contributed by atoms with van der Waals surface area (Å²) in [6, 6.07) is 17.4. The molecule has 1 atom stereocenters. The van der Waals surface area contributed by atoms with Crippen LogP contribution in [0, 0.1) is 6.92 Å². The monoisotopic (exact) mass is 254 g/mol. The summed E-state index contributed by atoms with van der Waals surface area (Å²) in [6.07, 6.45) is 0. The zero-order chi connectivity index (χ0) is 13.8. The fourth-order valence-corrected chi connectivity index (χ4v) is 2.16. The topological polar surface area (TPSA) is 15.3 Å². The Bertz CT molecular complexity index is 529. The molecule has 0 fully saturated rings. The molecule has 0 heterocycles. The van der Waals surface area contributed by atoms with Gasteiger partial charge >= 0.3 is 0 Å². The Morgan fingerprint density at radius 2 is 1.58 bits per heavy atom. The molecule has 2 aromatic rings. The van der Waals surface area contributed by atoms with Crippen LogP contribution in [-0.2, 0) is 0 Å². The van der Waals surface area contributed by atoms with Crippen LogP contribution in [-0.4, -0.2) is 14.1 Å². The Morgan fingerprint density at radius 3 is 2.21 bits per heavy atom. The van der Waals surface area contributed by atoms with Crippen LogP contribution >= 0.6 is 0 Å². The maximum absolute atomic E-state index is 3.59. The Labute approximate surface area is 116 Å². The van der Waals surface area contributed by atoms with Gasteiger partial charge in [-0.1, -0.05) is 42.0 Å². The fourth-order valence-electron chi connectivity index (χ4n) is 2.16. The van der Waals surface area contributed by atoms with Crippen molar-refractivity contribution in [2.24, 2.45) is 0 Å². The highest BCUT2D eigenvalue weighted by molar-refractivity contribution is 5.69. The second kappa shape index (κ2) is 5.79. The van der Waals surface area contributed by atoms with Gasteiger partial charge in [-0.2, -0.15) is 0 Å². The van der Waals surface area contributed by atoms with E-state index in [9.17, 15) is 0 Å². The molecule has 0 spiro atoms. The van der Waals surface area contributed by atoms with Crippen LogP contribution in [0.4, 0.5) is 11.4 Å². The Balaban J connectivity index is 2.19. The Kier molecular flexibility index (Phi) is 4.10. The first-order chi connectivity index (χ1) is 9.08. The van der Waals surface area contributed by atoms with Gasteiger partial charge in [0.2, 0.25) is 0 Å².